The molecule has 4 N–H and O–H groups in total. The van der Waals surface area contributed by atoms with Crippen molar-refractivity contribution >= 4 is 5.96 Å². The highest BCUT2D eigenvalue weighted by Crippen LogP contribution is 2.13. The van der Waals surface area contributed by atoms with E-state index in [0.29, 0.717) is 12.5 Å². The van der Waals surface area contributed by atoms with Gasteiger partial charge in [-0.15, -0.1) is 0 Å². The number of nitrogens with zero attached hydrogens (tertiary/aromatic N) is 1. The quantitative estimate of drug-likeness (QED) is 0.304. The number of rotatable bonds is 2. The van der Waals surface area contributed by atoms with Crippen molar-refractivity contribution in [3.05, 3.63) is 0 Å². The lowest BCUT2D eigenvalue weighted by molar-refractivity contribution is 0.0581. The molecule has 1 rings (SSSR count). The van der Waals surface area contributed by atoms with Crippen molar-refractivity contribution in [1.82, 2.24) is 5.48 Å². The SMILES string of the molecule is NC(=NCC1CCCOC1)NO. The van der Waals surface area contributed by atoms with Crippen LogP contribution in [0.5, 0.6) is 0 Å². The van der Waals surface area contributed by atoms with E-state index in [1.165, 1.54) is 0 Å². The van der Waals surface area contributed by atoms with E-state index in [0.717, 1.165) is 26.1 Å². The van der Waals surface area contributed by atoms with E-state index >= 15 is 0 Å². The molecule has 0 aliphatic carbocycles. The standard InChI is InChI=1S/C7H15N3O2/c8-7(10-11)9-4-6-2-1-3-12-5-6/h6,11H,1-5H2,(H3,8,9,10). The van der Waals surface area contributed by atoms with Crippen LogP contribution in [-0.4, -0.2) is 30.9 Å². The Labute approximate surface area is 71.6 Å². The highest BCUT2D eigenvalue weighted by atomic mass is 16.5. The average molecular weight is 173 g/mol. The molecule has 1 heterocycles. The van der Waals surface area contributed by atoms with E-state index < -0.39 is 0 Å². The second kappa shape index (κ2) is 4.95. The van der Waals surface area contributed by atoms with Gasteiger partial charge in [0.15, 0.2) is 0 Å². The van der Waals surface area contributed by atoms with Crippen molar-refractivity contribution in [3.63, 3.8) is 0 Å². The minimum atomic E-state index is 0.0700. The van der Waals surface area contributed by atoms with Gasteiger partial charge in [-0.2, -0.15) is 0 Å². The third-order valence-electron chi connectivity index (χ3n) is 1.89. The molecule has 12 heavy (non-hydrogen) atoms. The van der Waals surface area contributed by atoms with E-state index in [2.05, 4.69) is 4.99 Å². The maximum Gasteiger partial charge on any atom is 0.212 e. The molecule has 0 aromatic heterocycles. The maximum absolute atomic E-state index is 8.33. The first-order chi connectivity index (χ1) is 5.83. The lowest BCUT2D eigenvalue weighted by atomic mass is 10.0. The van der Waals surface area contributed by atoms with Crippen LogP contribution in [0.3, 0.4) is 0 Å². The number of ether oxygens (including phenoxy) is 1. The van der Waals surface area contributed by atoms with E-state index in [1.54, 1.807) is 5.48 Å². The maximum atomic E-state index is 8.33. The monoisotopic (exact) mass is 173 g/mol. The highest BCUT2D eigenvalue weighted by molar-refractivity contribution is 5.76. The molecule has 1 saturated heterocycles. The van der Waals surface area contributed by atoms with E-state index in [9.17, 15) is 0 Å². The fourth-order valence-electron chi connectivity index (χ4n) is 1.21. The third-order valence-corrected chi connectivity index (χ3v) is 1.89. The summed E-state index contributed by atoms with van der Waals surface area (Å²) in [6.45, 7) is 2.23. The van der Waals surface area contributed by atoms with Gasteiger partial charge in [-0.05, 0) is 12.8 Å². The first-order valence-electron chi connectivity index (χ1n) is 4.10. The van der Waals surface area contributed by atoms with Crippen molar-refractivity contribution in [2.45, 2.75) is 12.8 Å². The molecule has 5 heteroatoms. The van der Waals surface area contributed by atoms with E-state index in [4.69, 9.17) is 15.7 Å². The van der Waals surface area contributed by atoms with Crippen LogP contribution in [0, 0.1) is 5.92 Å². The second-order valence-corrected chi connectivity index (χ2v) is 2.92. The number of hydrogen-bond acceptors (Lipinski definition) is 3. The van der Waals surface area contributed by atoms with Gasteiger partial charge < -0.3 is 10.5 Å². The normalized spacial score (nSPS) is 25.4. The molecule has 70 valence electrons. The van der Waals surface area contributed by atoms with Crippen LogP contribution in [0.4, 0.5) is 0 Å². The minimum absolute atomic E-state index is 0.0700. The summed E-state index contributed by atoms with van der Waals surface area (Å²) in [5.74, 6) is 0.520. The molecule has 1 aliphatic rings. The van der Waals surface area contributed by atoms with Crippen molar-refractivity contribution in [2.24, 2.45) is 16.6 Å². The molecule has 1 aliphatic heterocycles. The lowest BCUT2D eigenvalue weighted by Gasteiger charge is -2.20. The summed E-state index contributed by atoms with van der Waals surface area (Å²) in [6, 6.07) is 0. The average Bonchev–Trinajstić information content (AvgIpc) is 2.16. The number of aliphatic imine (C=N–C) groups is 1. The fraction of sp³-hybridized carbons (Fsp3) is 0.857. The number of hydroxylamine groups is 1. The zero-order chi connectivity index (χ0) is 8.81. The summed E-state index contributed by atoms with van der Waals surface area (Å²) in [6.07, 6.45) is 2.22. The molecule has 0 saturated carbocycles. The minimum Gasteiger partial charge on any atom is -0.381 e. The molecule has 0 amide bonds. The molecule has 0 aromatic carbocycles. The summed E-state index contributed by atoms with van der Waals surface area (Å²) in [4.78, 5) is 3.92. The largest absolute Gasteiger partial charge is 0.381 e. The van der Waals surface area contributed by atoms with Crippen LogP contribution in [0.15, 0.2) is 4.99 Å². The lowest BCUT2D eigenvalue weighted by Crippen LogP contribution is -2.30. The van der Waals surface area contributed by atoms with Crippen molar-refractivity contribution < 1.29 is 9.94 Å². The smallest absolute Gasteiger partial charge is 0.212 e. The van der Waals surface area contributed by atoms with Gasteiger partial charge in [0, 0.05) is 19.1 Å². The Balaban J connectivity index is 2.21. The van der Waals surface area contributed by atoms with Crippen molar-refractivity contribution in [1.29, 1.82) is 0 Å². The summed E-state index contributed by atoms with van der Waals surface area (Å²) in [7, 11) is 0. The predicted molar refractivity (Wildman–Crippen MR) is 45.0 cm³/mol. The van der Waals surface area contributed by atoms with Crippen molar-refractivity contribution in [2.75, 3.05) is 19.8 Å². The number of nitrogens with one attached hydrogen (secondary N) is 1. The molecule has 5 nitrogen and oxygen atoms in total. The van der Waals surface area contributed by atoms with Gasteiger partial charge in [-0.3, -0.25) is 10.2 Å². The van der Waals surface area contributed by atoms with Crippen LogP contribution in [0.1, 0.15) is 12.8 Å². The Morgan fingerprint density at radius 1 is 1.75 bits per heavy atom. The Hall–Kier alpha value is -0.810. The van der Waals surface area contributed by atoms with E-state index in [1.807, 2.05) is 0 Å². The Morgan fingerprint density at radius 2 is 2.58 bits per heavy atom. The number of guanidine groups is 1. The topological polar surface area (TPSA) is 79.9 Å². The zero-order valence-electron chi connectivity index (χ0n) is 6.99. The van der Waals surface area contributed by atoms with Gasteiger partial charge in [-0.1, -0.05) is 0 Å². The van der Waals surface area contributed by atoms with Crippen LogP contribution in [-0.2, 0) is 4.74 Å². The van der Waals surface area contributed by atoms with Crippen LogP contribution in [0.2, 0.25) is 0 Å². The van der Waals surface area contributed by atoms with Crippen LogP contribution >= 0.6 is 0 Å². The van der Waals surface area contributed by atoms with Gasteiger partial charge in [0.2, 0.25) is 5.96 Å². The molecule has 1 unspecified atom stereocenters. The third kappa shape index (κ3) is 3.06. The highest BCUT2D eigenvalue weighted by Gasteiger charge is 2.12. The van der Waals surface area contributed by atoms with Gasteiger partial charge >= 0.3 is 0 Å². The molecule has 0 radical (unpaired) electrons. The zero-order valence-corrected chi connectivity index (χ0v) is 6.99. The first-order valence-corrected chi connectivity index (χ1v) is 4.10. The molecular formula is C7H15N3O2. The molecule has 0 aromatic rings. The second-order valence-electron chi connectivity index (χ2n) is 2.92. The van der Waals surface area contributed by atoms with Gasteiger partial charge in [0.05, 0.1) is 6.61 Å². The summed E-state index contributed by atoms with van der Waals surface area (Å²) in [5.41, 5.74) is 7.03. The van der Waals surface area contributed by atoms with Crippen molar-refractivity contribution in [3.8, 4) is 0 Å². The Morgan fingerprint density at radius 3 is 3.17 bits per heavy atom. The van der Waals surface area contributed by atoms with Crippen LogP contribution < -0.4 is 11.2 Å². The Kier molecular flexibility index (Phi) is 3.83. The molecule has 0 spiro atoms. The fourth-order valence-corrected chi connectivity index (χ4v) is 1.21. The summed E-state index contributed by atoms with van der Waals surface area (Å²) >= 11 is 0. The van der Waals surface area contributed by atoms with Gasteiger partial charge in [-0.25, -0.2) is 5.48 Å². The summed E-state index contributed by atoms with van der Waals surface area (Å²) < 4.78 is 5.26. The number of nitrogens with two attached hydrogens (primary N) is 1. The first kappa shape index (κ1) is 9.28. The van der Waals surface area contributed by atoms with Crippen LogP contribution in [0.25, 0.3) is 0 Å². The molecular weight excluding hydrogens is 158 g/mol. The van der Waals surface area contributed by atoms with E-state index in [-0.39, 0.29) is 5.96 Å². The Bertz CT molecular complexity index is 155. The predicted octanol–water partition coefficient (Wildman–Crippen LogP) is -0.294. The molecule has 1 fully saturated rings. The number of hydrogen-bond donors (Lipinski definition) is 3. The molecule has 1 atom stereocenters. The summed E-state index contributed by atoms with van der Waals surface area (Å²) in [5, 5.41) is 8.33. The van der Waals surface area contributed by atoms with Gasteiger partial charge in [0.25, 0.3) is 0 Å². The molecule has 0 bridgehead atoms. The van der Waals surface area contributed by atoms with Gasteiger partial charge in [0.1, 0.15) is 0 Å².